The van der Waals surface area contributed by atoms with E-state index in [4.69, 9.17) is 21.6 Å². The molecule has 3 aromatic carbocycles. The van der Waals surface area contributed by atoms with Gasteiger partial charge in [-0.2, -0.15) is 10.4 Å². The molecule has 1 fully saturated rings. The van der Waals surface area contributed by atoms with Crippen molar-refractivity contribution in [3.63, 3.8) is 0 Å². The van der Waals surface area contributed by atoms with E-state index in [0.29, 0.717) is 45.2 Å². The SMILES string of the molecule is N#CCCn1cc(C#Cc2ccc(NC(=O)[C@@H]3COCCN3C(=O)[C@H](NC(=O)c3cnccn3)c3ccccc3)cc2)c(-c2cc(Cl)ccc2O)n1. The minimum atomic E-state index is -1.09. The Morgan fingerprint density at radius 1 is 1.06 bits per heavy atom. The Morgan fingerprint density at radius 2 is 1.87 bits per heavy atom. The van der Waals surface area contributed by atoms with Gasteiger partial charge >= 0.3 is 0 Å². The van der Waals surface area contributed by atoms with Crippen LogP contribution in [0.5, 0.6) is 5.75 Å². The van der Waals surface area contributed by atoms with Crippen LogP contribution in [0.25, 0.3) is 11.3 Å². The lowest BCUT2D eigenvalue weighted by Gasteiger charge is -2.37. The summed E-state index contributed by atoms with van der Waals surface area (Å²) in [6.45, 7) is 0.671. The summed E-state index contributed by atoms with van der Waals surface area (Å²) >= 11 is 6.18. The topological polar surface area (TPSA) is 175 Å². The molecule has 0 aliphatic carbocycles. The summed E-state index contributed by atoms with van der Waals surface area (Å²) in [5, 5.41) is 30.1. The van der Waals surface area contributed by atoms with Gasteiger partial charge in [-0.15, -0.1) is 0 Å². The van der Waals surface area contributed by atoms with Crippen LogP contribution >= 0.6 is 11.6 Å². The number of halogens is 1. The van der Waals surface area contributed by atoms with Crippen molar-refractivity contribution in [1.82, 2.24) is 30.0 Å². The van der Waals surface area contributed by atoms with Crippen molar-refractivity contribution in [1.29, 1.82) is 5.26 Å². The molecule has 3 N–H and O–H groups in total. The summed E-state index contributed by atoms with van der Waals surface area (Å²) in [4.78, 5) is 50.1. The highest BCUT2D eigenvalue weighted by atomic mass is 35.5. The van der Waals surface area contributed by atoms with Crippen molar-refractivity contribution in [3.05, 3.63) is 125 Å². The number of hydrogen-bond donors (Lipinski definition) is 3. The molecule has 0 spiro atoms. The van der Waals surface area contributed by atoms with Crippen molar-refractivity contribution in [2.24, 2.45) is 0 Å². The zero-order valence-electron chi connectivity index (χ0n) is 27.6. The van der Waals surface area contributed by atoms with E-state index >= 15 is 0 Å². The van der Waals surface area contributed by atoms with Gasteiger partial charge in [0.25, 0.3) is 11.8 Å². The third-order valence-electron chi connectivity index (χ3n) is 8.09. The van der Waals surface area contributed by atoms with Gasteiger partial charge in [0.15, 0.2) is 0 Å². The van der Waals surface area contributed by atoms with Crippen molar-refractivity contribution >= 4 is 35.0 Å². The van der Waals surface area contributed by atoms with Crippen molar-refractivity contribution in [2.75, 3.05) is 25.1 Å². The Balaban J connectivity index is 1.18. The number of anilines is 1. The molecule has 260 valence electrons. The van der Waals surface area contributed by atoms with E-state index in [1.807, 2.05) is 0 Å². The van der Waals surface area contributed by atoms with E-state index in [1.165, 1.54) is 29.6 Å². The van der Waals surface area contributed by atoms with Gasteiger partial charge < -0.3 is 25.4 Å². The van der Waals surface area contributed by atoms with Gasteiger partial charge in [-0.25, -0.2) is 4.98 Å². The number of phenolic OH excluding ortho intramolecular Hbond substituents is 1. The molecule has 6 rings (SSSR count). The molecule has 2 aromatic heterocycles. The van der Waals surface area contributed by atoms with E-state index in [-0.39, 0.29) is 37.6 Å². The molecule has 0 unspecified atom stereocenters. The molecule has 0 saturated carbocycles. The summed E-state index contributed by atoms with van der Waals surface area (Å²) in [7, 11) is 0. The van der Waals surface area contributed by atoms with E-state index in [9.17, 15) is 19.5 Å². The largest absolute Gasteiger partial charge is 0.507 e. The maximum Gasteiger partial charge on any atom is 0.272 e. The Morgan fingerprint density at radius 3 is 2.62 bits per heavy atom. The maximum absolute atomic E-state index is 14.1. The number of rotatable bonds is 9. The highest BCUT2D eigenvalue weighted by Crippen LogP contribution is 2.33. The second-order valence-corrected chi connectivity index (χ2v) is 12.0. The first kappa shape index (κ1) is 35.3. The molecule has 13 nitrogen and oxygen atoms in total. The van der Waals surface area contributed by atoms with Crippen LogP contribution in [0.15, 0.2) is 97.6 Å². The molecule has 52 heavy (non-hydrogen) atoms. The average molecular weight is 715 g/mol. The number of aromatic nitrogens is 4. The Kier molecular flexibility index (Phi) is 11.2. The highest BCUT2D eigenvalue weighted by Gasteiger charge is 2.37. The highest BCUT2D eigenvalue weighted by molar-refractivity contribution is 6.31. The lowest BCUT2D eigenvalue weighted by atomic mass is 10.0. The quantitative estimate of drug-likeness (QED) is 0.188. The van der Waals surface area contributed by atoms with Crippen LogP contribution in [0.3, 0.4) is 0 Å². The van der Waals surface area contributed by atoms with Crippen LogP contribution in [0.4, 0.5) is 5.69 Å². The zero-order chi connectivity index (χ0) is 36.5. The van der Waals surface area contributed by atoms with Crippen LogP contribution in [0.1, 0.15) is 39.6 Å². The van der Waals surface area contributed by atoms with Gasteiger partial charge in [-0.1, -0.05) is 53.8 Å². The molecule has 1 aliphatic rings. The first-order valence-corrected chi connectivity index (χ1v) is 16.5. The van der Waals surface area contributed by atoms with Crippen molar-refractivity contribution in [2.45, 2.75) is 25.0 Å². The first-order valence-electron chi connectivity index (χ1n) is 16.2. The van der Waals surface area contributed by atoms with Crippen LogP contribution in [-0.2, 0) is 20.9 Å². The van der Waals surface area contributed by atoms with Crippen LogP contribution in [0.2, 0.25) is 5.02 Å². The normalized spacial score (nSPS) is 14.3. The molecule has 1 aliphatic heterocycles. The smallest absolute Gasteiger partial charge is 0.272 e. The molecule has 3 heterocycles. The van der Waals surface area contributed by atoms with Gasteiger partial charge in [0.1, 0.15) is 29.2 Å². The predicted octanol–water partition coefficient (Wildman–Crippen LogP) is 4.35. The van der Waals surface area contributed by atoms with Gasteiger partial charge in [0, 0.05) is 47.0 Å². The summed E-state index contributed by atoms with van der Waals surface area (Å²) in [6, 6.07) is 20.3. The lowest BCUT2D eigenvalue weighted by Crippen LogP contribution is -2.57. The third kappa shape index (κ3) is 8.42. The first-order chi connectivity index (χ1) is 25.3. The fourth-order valence-electron chi connectivity index (χ4n) is 5.50. The number of carbonyl (C=O) groups is 3. The summed E-state index contributed by atoms with van der Waals surface area (Å²) in [6.07, 6.45) is 6.08. The minimum Gasteiger partial charge on any atom is -0.507 e. The summed E-state index contributed by atoms with van der Waals surface area (Å²) in [5.41, 5.74) is 3.05. The number of nitrogens with zero attached hydrogens (tertiary/aromatic N) is 6. The molecule has 14 heteroatoms. The van der Waals surface area contributed by atoms with E-state index < -0.39 is 29.8 Å². The number of morpholine rings is 1. The standard InChI is InChI=1S/C38H31ClN8O5/c39-28-11-14-33(48)30(21-28)34-27(23-46(45-34)18-4-15-40)10-7-25-8-12-29(13-9-25)43-37(50)32-24-52-20-19-47(32)38(51)35(26-5-2-1-3-6-26)44-36(49)31-22-41-16-17-42-31/h1-3,5-6,8-9,11-14,16-17,21-23,32,35,48H,4,18-20,24H2,(H,43,50)(H,44,49)/t32-,35+/m0/s1. The molecule has 5 aromatic rings. The molecule has 0 radical (unpaired) electrons. The average Bonchev–Trinajstić information content (AvgIpc) is 3.59. The zero-order valence-corrected chi connectivity index (χ0v) is 28.3. The molecule has 2 atom stereocenters. The van der Waals surface area contributed by atoms with Gasteiger partial charge in [-0.05, 0) is 48.0 Å². The number of aromatic hydroxyl groups is 1. The fourth-order valence-corrected chi connectivity index (χ4v) is 5.67. The Hall–Kier alpha value is -6.54. The second-order valence-electron chi connectivity index (χ2n) is 11.6. The number of hydrogen-bond acceptors (Lipinski definition) is 9. The van der Waals surface area contributed by atoms with E-state index in [0.717, 1.165) is 0 Å². The van der Waals surface area contributed by atoms with E-state index in [1.54, 1.807) is 77.6 Å². The number of ether oxygens (including phenoxy) is 1. The fraction of sp³-hybridized carbons (Fsp3) is 0.184. The number of carbonyl (C=O) groups excluding carboxylic acids is 3. The third-order valence-corrected chi connectivity index (χ3v) is 8.32. The van der Waals surface area contributed by atoms with Crippen molar-refractivity contribution < 1.29 is 24.2 Å². The maximum atomic E-state index is 14.1. The molecule has 0 bridgehead atoms. The number of phenols is 1. The second kappa shape index (κ2) is 16.4. The number of amides is 3. The van der Waals surface area contributed by atoms with Crippen LogP contribution in [-0.4, -0.2) is 73.3 Å². The van der Waals surface area contributed by atoms with Crippen LogP contribution < -0.4 is 10.6 Å². The predicted molar refractivity (Wildman–Crippen MR) is 191 cm³/mol. The van der Waals surface area contributed by atoms with Crippen LogP contribution in [0, 0.1) is 23.2 Å². The molecular weight excluding hydrogens is 684 g/mol. The number of nitriles is 1. The number of benzene rings is 3. The van der Waals surface area contributed by atoms with E-state index in [2.05, 4.69) is 43.6 Å². The minimum absolute atomic E-state index is 0.0101. The monoisotopic (exact) mass is 714 g/mol. The summed E-state index contributed by atoms with van der Waals surface area (Å²) in [5.74, 6) is 4.65. The molecular formula is C38H31ClN8O5. The molecule has 3 amide bonds. The molecule has 1 saturated heterocycles. The van der Waals surface area contributed by atoms with Crippen molar-refractivity contribution in [3.8, 4) is 34.9 Å². The van der Waals surface area contributed by atoms with Gasteiger partial charge in [0.2, 0.25) is 5.91 Å². The van der Waals surface area contributed by atoms with Gasteiger partial charge in [-0.3, -0.25) is 24.0 Å². The van der Waals surface area contributed by atoms with Gasteiger partial charge in [0.05, 0.1) is 44.0 Å². The Bertz CT molecular complexity index is 2180. The number of aryl methyl sites for hydroxylation is 1. The lowest BCUT2D eigenvalue weighted by molar-refractivity contribution is -0.148. The number of nitrogens with one attached hydrogen (secondary N) is 2. The Labute approximate surface area is 303 Å². The summed E-state index contributed by atoms with van der Waals surface area (Å²) < 4.78 is 7.20.